The Hall–Kier alpha value is -2.27. The van der Waals surface area contributed by atoms with E-state index < -0.39 is 0 Å². The molecule has 0 aliphatic carbocycles. The first-order chi connectivity index (χ1) is 11.6. The van der Waals surface area contributed by atoms with Crippen LogP contribution in [0.5, 0.6) is 0 Å². The molecule has 2 aromatic heterocycles. The van der Waals surface area contributed by atoms with Gasteiger partial charge in [0.1, 0.15) is 11.6 Å². The fraction of sp³-hybridized carbons (Fsp3) is 0.421. The number of hydrogen-bond acceptors (Lipinski definition) is 4. The van der Waals surface area contributed by atoms with Gasteiger partial charge in [0.25, 0.3) is 0 Å². The summed E-state index contributed by atoms with van der Waals surface area (Å²) >= 11 is 0. The molecule has 124 valence electrons. The lowest BCUT2D eigenvalue weighted by Gasteiger charge is -2.15. The van der Waals surface area contributed by atoms with Gasteiger partial charge in [-0.25, -0.2) is 15.0 Å². The van der Waals surface area contributed by atoms with Crippen molar-refractivity contribution in [2.24, 2.45) is 7.05 Å². The first kappa shape index (κ1) is 15.3. The highest BCUT2D eigenvalue weighted by molar-refractivity contribution is 5.75. The summed E-state index contributed by atoms with van der Waals surface area (Å²) in [7, 11) is 2.10. The molecule has 1 aromatic carbocycles. The van der Waals surface area contributed by atoms with Crippen LogP contribution < -0.4 is 0 Å². The van der Waals surface area contributed by atoms with Crippen LogP contribution in [0.25, 0.3) is 11.0 Å². The predicted molar refractivity (Wildman–Crippen MR) is 94.9 cm³/mol. The second-order valence-electron chi connectivity index (χ2n) is 6.81. The topological polar surface area (TPSA) is 46.8 Å². The average Bonchev–Trinajstić information content (AvgIpc) is 3.13. The number of nitrogens with zero attached hydrogens (tertiary/aromatic N) is 5. The summed E-state index contributed by atoms with van der Waals surface area (Å²) < 4.78 is 2.20. The molecule has 1 saturated heterocycles. The molecule has 3 heterocycles. The van der Waals surface area contributed by atoms with Crippen molar-refractivity contribution in [3.8, 4) is 0 Å². The van der Waals surface area contributed by atoms with Crippen LogP contribution in [0.3, 0.4) is 0 Å². The van der Waals surface area contributed by atoms with Crippen molar-refractivity contribution in [2.45, 2.75) is 32.7 Å². The molecular weight excluding hydrogens is 298 g/mol. The smallest absolute Gasteiger partial charge is 0.133 e. The molecule has 0 spiro atoms. The van der Waals surface area contributed by atoms with Crippen LogP contribution in [0, 0.1) is 13.8 Å². The van der Waals surface area contributed by atoms with Crippen molar-refractivity contribution in [1.29, 1.82) is 0 Å². The molecule has 0 N–H and O–H groups in total. The second kappa shape index (κ2) is 5.98. The third-order valence-electron chi connectivity index (χ3n) is 4.88. The molecule has 4 rings (SSSR count). The Kier molecular flexibility index (Phi) is 3.81. The number of hydrogen-bond donors (Lipinski definition) is 0. The average molecular weight is 321 g/mol. The number of para-hydroxylation sites is 2. The Morgan fingerprint density at radius 3 is 2.58 bits per heavy atom. The maximum absolute atomic E-state index is 4.79. The lowest BCUT2D eigenvalue weighted by molar-refractivity contribution is 0.314. The Bertz CT molecular complexity index is 862. The van der Waals surface area contributed by atoms with Crippen LogP contribution in [0.2, 0.25) is 0 Å². The molecule has 0 saturated carbocycles. The molecular formula is C19H23N5. The number of aromatic nitrogens is 4. The minimum atomic E-state index is 0.429. The van der Waals surface area contributed by atoms with Gasteiger partial charge in [-0.3, -0.25) is 4.90 Å². The second-order valence-corrected chi connectivity index (χ2v) is 6.81. The zero-order valence-electron chi connectivity index (χ0n) is 14.5. The Morgan fingerprint density at radius 2 is 1.83 bits per heavy atom. The molecule has 5 heteroatoms. The molecule has 24 heavy (non-hydrogen) atoms. The van der Waals surface area contributed by atoms with E-state index in [9.17, 15) is 0 Å². The van der Waals surface area contributed by atoms with Crippen molar-refractivity contribution in [1.82, 2.24) is 24.4 Å². The summed E-state index contributed by atoms with van der Waals surface area (Å²) in [4.78, 5) is 16.6. The highest BCUT2D eigenvalue weighted by Gasteiger charge is 2.27. The molecule has 0 radical (unpaired) electrons. The molecule has 1 atom stereocenters. The van der Waals surface area contributed by atoms with Crippen LogP contribution in [0.1, 0.15) is 35.4 Å². The van der Waals surface area contributed by atoms with Crippen LogP contribution in [-0.2, 0) is 13.6 Å². The number of aryl methyl sites for hydroxylation is 3. The van der Waals surface area contributed by atoms with Gasteiger partial charge in [0.2, 0.25) is 0 Å². The maximum Gasteiger partial charge on any atom is 0.133 e. The SMILES string of the molecule is Cc1cc(C)nc([C@@H]2CCN(Cc3nc4ccccc4n3C)C2)n1. The number of fused-ring (bicyclic) bond motifs is 1. The van der Waals surface area contributed by atoms with Crippen molar-refractivity contribution in [2.75, 3.05) is 13.1 Å². The van der Waals surface area contributed by atoms with E-state index in [2.05, 4.69) is 44.7 Å². The van der Waals surface area contributed by atoms with Gasteiger partial charge in [0.15, 0.2) is 0 Å². The van der Waals surface area contributed by atoms with Gasteiger partial charge in [-0.05, 0) is 45.0 Å². The monoisotopic (exact) mass is 321 g/mol. The Morgan fingerprint density at radius 1 is 1.08 bits per heavy atom. The molecule has 0 amide bonds. The zero-order chi connectivity index (χ0) is 16.7. The van der Waals surface area contributed by atoms with Crippen molar-refractivity contribution >= 4 is 11.0 Å². The maximum atomic E-state index is 4.79. The van der Waals surface area contributed by atoms with Crippen LogP contribution in [-0.4, -0.2) is 37.5 Å². The fourth-order valence-corrected chi connectivity index (χ4v) is 3.66. The van der Waals surface area contributed by atoms with Gasteiger partial charge in [0, 0.05) is 30.9 Å². The van der Waals surface area contributed by atoms with Crippen LogP contribution >= 0.6 is 0 Å². The number of likely N-dealkylation sites (tertiary alicyclic amines) is 1. The van der Waals surface area contributed by atoms with E-state index in [1.807, 2.05) is 26.0 Å². The van der Waals surface area contributed by atoms with Gasteiger partial charge in [-0.1, -0.05) is 12.1 Å². The Balaban J connectivity index is 1.51. The standard InChI is InChI=1S/C19H23N5/c1-13-10-14(2)21-19(20-13)15-8-9-24(11-15)12-18-22-16-6-4-5-7-17(16)23(18)3/h4-7,10,15H,8-9,11-12H2,1-3H3/t15-/m1/s1. The molecule has 5 nitrogen and oxygen atoms in total. The fourth-order valence-electron chi connectivity index (χ4n) is 3.66. The summed E-state index contributed by atoms with van der Waals surface area (Å²) in [5, 5.41) is 0. The minimum absolute atomic E-state index is 0.429. The summed E-state index contributed by atoms with van der Waals surface area (Å²) in [6, 6.07) is 10.4. The first-order valence-corrected chi connectivity index (χ1v) is 8.55. The van der Waals surface area contributed by atoms with Gasteiger partial charge in [-0.15, -0.1) is 0 Å². The predicted octanol–water partition coefficient (Wildman–Crippen LogP) is 2.97. The van der Waals surface area contributed by atoms with Gasteiger partial charge < -0.3 is 4.57 Å². The summed E-state index contributed by atoms with van der Waals surface area (Å²) in [5.74, 6) is 2.55. The van der Waals surface area contributed by atoms with E-state index >= 15 is 0 Å². The van der Waals surface area contributed by atoms with Gasteiger partial charge >= 0.3 is 0 Å². The summed E-state index contributed by atoms with van der Waals surface area (Å²) in [6.07, 6.45) is 1.12. The lowest BCUT2D eigenvalue weighted by Crippen LogP contribution is -2.22. The zero-order valence-corrected chi connectivity index (χ0v) is 14.5. The van der Waals surface area contributed by atoms with E-state index in [4.69, 9.17) is 4.98 Å². The third kappa shape index (κ3) is 2.80. The highest BCUT2D eigenvalue weighted by Crippen LogP contribution is 2.26. The normalized spacial score (nSPS) is 18.5. The third-order valence-corrected chi connectivity index (χ3v) is 4.88. The quantitative estimate of drug-likeness (QED) is 0.744. The molecule has 1 aliphatic rings. The summed E-state index contributed by atoms with van der Waals surface area (Å²) in [5.41, 5.74) is 4.39. The van der Waals surface area contributed by atoms with Crippen molar-refractivity contribution in [3.05, 3.63) is 53.4 Å². The van der Waals surface area contributed by atoms with E-state index in [0.717, 1.165) is 54.6 Å². The molecule has 0 bridgehead atoms. The van der Waals surface area contributed by atoms with E-state index in [-0.39, 0.29) is 0 Å². The molecule has 1 fully saturated rings. The molecule has 1 aliphatic heterocycles. The van der Waals surface area contributed by atoms with Crippen LogP contribution in [0.15, 0.2) is 30.3 Å². The molecule has 0 unspecified atom stereocenters. The number of rotatable bonds is 3. The highest BCUT2D eigenvalue weighted by atomic mass is 15.2. The largest absolute Gasteiger partial charge is 0.330 e. The minimum Gasteiger partial charge on any atom is -0.330 e. The molecule has 3 aromatic rings. The summed E-state index contributed by atoms with van der Waals surface area (Å²) in [6.45, 7) is 7.05. The van der Waals surface area contributed by atoms with Crippen molar-refractivity contribution < 1.29 is 0 Å². The van der Waals surface area contributed by atoms with E-state index in [0.29, 0.717) is 5.92 Å². The first-order valence-electron chi connectivity index (χ1n) is 8.55. The Labute approximate surface area is 142 Å². The number of benzene rings is 1. The van der Waals surface area contributed by atoms with Crippen molar-refractivity contribution in [3.63, 3.8) is 0 Å². The van der Waals surface area contributed by atoms with Gasteiger partial charge in [0.05, 0.1) is 17.6 Å². The van der Waals surface area contributed by atoms with E-state index in [1.54, 1.807) is 0 Å². The van der Waals surface area contributed by atoms with Crippen LogP contribution in [0.4, 0.5) is 0 Å². The van der Waals surface area contributed by atoms with E-state index in [1.165, 1.54) is 5.52 Å². The number of imidazole rings is 1. The lowest BCUT2D eigenvalue weighted by atomic mass is 10.1. The van der Waals surface area contributed by atoms with Gasteiger partial charge in [-0.2, -0.15) is 0 Å².